The molecule has 0 saturated heterocycles. The van der Waals surface area contributed by atoms with Crippen molar-refractivity contribution in [2.75, 3.05) is 5.32 Å². The SMILES string of the molecule is Cc1cc(F)c(Br)cc1NC(=O)Cc1cccnc1. The molecule has 0 bridgehead atoms. The number of nitrogens with zero attached hydrogens (tertiary/aromatic N) is 1. The molecule has 5 heteroatoms. The fourth-order valence-electron chi connectivity index (χ4n) is 1.66. The van der Waals surface area contributed by atoms with E-state index in [9.17, 15) is 9.18 Å². The van der Waals surface area contributed by atoms with Gasteiger partial charge in [0.25, 0.3) is 0 Å². The van der Waals surface area contributed by atoms with Crippen LogP contribution in [0.3, 0.4) is 0 Å². The number of amides is 1. The Morgan fingerprint density at radius 3 is 2.95 bits per heavy atom. The summed E-state index contributed by atoms with van der Waals surface area (Å²) in [7, 11) is 0. The maximum atomic E-state index is 13.3. The van der Waals surface area contributed by atoms with Gasteiger partial charge in [-0.15, -0.1) is 0 Å². The zero-order chi connectivity index (χ0) is 13.8. The van der Waals surface area contributed by atoms with Crippen molar-refractivity contribution < 1.29 is 9.18 Å². The highest BCUT2D eigenvalue weighted by Crippen LogP contribution is 2.24. The van der Waals surface area contributed by atoms with Crippen molar-refractivity contribution >= 4 is 27.5 Å². The molecule has 2 aromatic rings. The zero-order valence-electron chi connectivity index (χ0n) is 10.3. The first-order valence-corrected chi connectivity index (χ1v) is 6.50. The van der Waals surface area contributed by atoms with E-state index in [1.165, 1.54) is 6.07 Å². The molecule has 0 aliphatic heterocycles. The van der Waals surface area contributed by atoms with Gasteiger partial charge in [0.2, 0.25) is 5.91 Å². The molecule has 98 valence electrons. The van der Waals surface area contributed by atoms with Gasteiger partial charge in [-0.3, -0.25) is 9.78 Å². The number of carbonyl (C=O) groups is 1. The van der Waals surface area contributed by atoms with E-state index in [4.69, 9.17) is 0 Å². The Bertz CT molecular complexity index is 602. The lowest BCUT2D eigenvalue weighted by atomic mass is 10.1. The first-order chi connectivity index (χ1) is 9.06. The summed E-state index contributed by atoms with van der Waals surface area (Å²) in [5, 5.41) is 2.76. The van der Waals surface area contributed by atoms with Crippen LogP contribution < -0.4 is 5.32 Å². The van der Waals surface area contributed by atoms with Crippen molar-refractivity contribution in [2.24, 2.45) is 0 Å². The van der Waals surface area contributed by atoms with E-state index < -0.39 is 0 Å². The molecular formula is C14H12BrFN2O. The number of pyridine rings is 1. The van der Waals surface area contributed by atoms with E-state index >= 15 is 0 Å². The predicted molar refractivity (Wildman–Crippen MR) is 75.4 cm³/mol. The van der Waals surface area contributed by atoms with Gasteiger partial charge in [-0.05, 0) is 52.2 Å². The average molecular weight is 323 g/mol. The van der Waals surface area contributed by atoms with Gasteiger partial charge in [0.15, 0.2) is 0 Å². The molecule has 2 rings (SSSR count). The fraction of sp³-hybridized carbons (Fsp3) is 0.143. The number of aromatic nitrogens is 1. The summed E-state index contributed by atoms with van der Waals surface area (Å²) in [6, 6.07) is 6.55. The van der Waals surface area contributed by atoms with Crippen LogP contribution in [0.2, 0.25) is 0 Å². The number of aryl methyl sites for hydroxylation is 1. The van der Waals surface area contributed by atoms with Crippen LogP contribution in [-0.4, -0.2) is 10.9 Å². The van der Waals surface area contributed by atoms with Gasteiger partial charge in [-0.25, -0.2) is 4.39 Å². The van der Waals surface area contributed by atoms with Crippen LogP contribution in [0, 0.1) is 12.7 Å². The Hall–Kier alpha value is -1.75. The summed E-state index contributed by atoms with van der Waals surface area (Å²) in [6.45, 7) is 1.75. The van der Waals surface area contributed by atoms with Gasteiger partial charge >= 0.3 is 0 Å². The topological polar surface area (TPSA) is 42.0 Å². The predicted octanol–water partition coefficient (Wildman–Crippen LogP) is 3.47. The maximum Gasteiger partial charge on any atom is 0.228 e. The third-order valence-electron chi connectivity index (χ3n) is 2.63. The number of benzene rings is 1. The number of anilines is 1. The van der Waals surface area contributed by atoms with Crippen molar-refractivity contribution in [3.05, 3.63) is 58.1 Å². The second kappa shape index (κ2) is 5.93. The molecule has 1 aromatic heterocycles. The minimum atomic E-state index is -0.345. The Morgan fingerprint density at radius 1 is 1.47 bits per heavy atom. The molecule has 1 amide bonds. The summed E-state index contributed by atoms with van der Waals surface area (Å²) in [5.41, 5.74) is 2.11. The largest absolute Gasteiger partial charge is 0.326 e. The molecule has 0 radical (unpaired) electrons. The summed E-state index contributed by atoms with van der Waals surface area (Å²) in [5.74, 6) is -0.502. The average Bonchev–Trinajstić information content (AvgIpc) is 2.37. The van der Waals surface area contributed by atoms with Gasteiger partial charge in [0, 0.05) is 18.1 Å². The minimum absolute atomic E-state index is 0.158. The van der Waals surface area contributed by atoms with Gasteiger partial charge in [0.05, 0.1) is 10.9 Å². The van der Waals surface area contributed by atoms with E-state index in [2.05, 4.69) is 26.2 Å². The van der Waals surface area contributed by atoms with Crippen LogP contribution in [-0.2, 0) is 11.2 Å². The normalized spacial score (nSPS) is 10.3. The Labute approximate surface area is 119 Å². The lowest BCUT2D eigenvalue weighted by Crippen LogP contribution is -2.15. The third kappa shape index (κ3) is 3.61. The number of carbonyl (C=O) groups excluding carboxylic acids is 1. The molecule has 1 heterocycles. The smallest absolute Gasteiger partial charge is 0.228 e. The summed E-state index contributed by atoms with van der Waals surface area (Å²) in [4.78, 5) is 15.8. The van der Waals surface area contributed by atoms with Gasteiger partial charge in [-0.1, -0.05) is 6.07 Å². The standard InChI is InChI=1S/C14H12BrFN2O/c1-9-5-12(16)11(15)7-13(9)18-14(19)6-10-3-2-4-17-8-10/h2-5,7-8H,6H2,1H3,(H,18,19). The van der Waals surface area contributed by atoms with Gasteiger partial charge in [0.1, 0.15) is 5.82 Å². The van der Waals surface area contributed by atoms with Crippen LogP contribution in [0.15, 0.2) is 41.1 Å². The van der Waals surface area contributed by atoms with Crippen LogP contribution in [0.4, 0.5) is 10.1 Å². The van der Waals surface area contributed by atoms with Gasteiger partial charge in [-0.2, -0.15) is 0 Å². The quantitative estimate of drug-likeness (QED) is 0.940. The zero-order valence-corrected chi connectivity index (χ0v) is 11.9. The molecule has 0 saturated carbocycles. The third-order valence-corrected chi connectivity index (χ3v) is 3.24. The first kappa shape index (κ1) is 13.7. The Morgan fingerprint density at radius 2 is 2.26 bits per heavy atom. The second-order valence-electron chi connectivity index (χ2n) is 4.17. The minimum Gasteiger partial charge on any atom is -0.326 e. The Kier molecular flexibility index (Phi) is 4.27. The number of nitrogens with one attached hydrogen (secondary N) is 1. The highest BCUT2D eigenvalue weighted by molar-refractivity contribution is 9.10. The first-order valence-electron chi connectivity index (χ1n) is 5.70. The van der Waals surface area contributed by atoms with Crippen LogP contribution in [0.1, 0.15) is 11.1 Å². The molecule has 0 aliphatic rings. The highest BCUT2D eigenvalue weighted by Gasteiger charge is 2.09. The molecule has 3 nitrogen and oxygen atoms in total. The summed E-state index contributed by atoms with van der Waals surface area (Å²) < 4.78 is 13.6. The highest BCUT2D eigenvalue weighted by atomic mass is 79.9. The van der Waals surface area contributed by atoms with Crippen LogP contribution in [0.25, 0.3) is 0 Å². The van der Waals surface area contributed by atoms with Crippen LogP contribution >= 0.6 is 15.9 Å². The molecular weight excluding hydrogens is 311 g/mol. The van der Waals surface area contributed by atoms with Crippen molar-refractivity contribution in [2.45, 2.75) is 13.3 Å². The lowest BCUT2D eigenvalue weighted by molar-refractivity contribution is -0.115. The summed E-state index contributed by atoms with van der Waals surface area (Å²) >= 11 is 3.10. The number of halogens is 2. The fourth-order valence-corrected chi connectivity index (χ4v) is 2.01. The second-order valence-corrected chi connectivity index (χ2v) is 5.02. The van der Waals surface area contributed by atoms with E-state index in [-0.39, 0.29) is 18.1 Å². The van der Waals surface area contributed by atoms with Crippen LogP contribution in [0.5, 0.6) is 0 Å². The molecule has 0 aliphatic carbocycles. The molecule has 1 aromatic carbocycles. The van der Waals surface area contributed by atoms with E-state index in [1.54, 1.807) is 31.5 Å². The maximum absolute atomic E-state index is 13.3. The van der Waals surface area contributed by atoms with Gasteiger partial charge < -0.3 is 5.32 Å². The molecule has 0 fully saturated rings. The molecule has 1 N–H and O–H groups in total. The monoisotopic (exact) mass is 322 g/mol. The Balaban J connectivity index is 2.09. The van der Waals surface area contributed by atoms with E-state index in [0.29, 0.717) is 15.7 Å². The van der Waals surface area contributed by atoms with E-state index in [1.807, 2.05) is 6.07 Å². The molecule has 0 spiro atoms. The lowest BCUT2D eigenvalue weighted by Gasteiger charge is -2.09. The number of hydrogen-bond donors (Lipinski definition) is 1. The summed E-state index contributed by atoms with van der Waals surface area (Å²) in [6.07, 6.45) is 3.54. The number of hydrogen-bond acceptors (Lipinski definition) is 2. The van der Waals surface area contributed by atoms with Crippen molar-refractivity contribution in [1.82, 2.24) is 4.98 Å². The van der Waals surface area contributed by atoms with E-state index in [0.717, 1.165) is 5.56 Å². The molecule has 0 atom stereocenters. The molecule has 0 unspecified atom stereocenters. The molecule has 19 heavy (non-hydrogen) atoms. The van der Waals surface area contributed by atoms with Crippen molar-refractivity contribution in [3.8, 4) is 0 Å². The number of rotatable bonds is 3. The van der Waals surface area contributed by atoms with Crippen molar-refractivity contribution in [3.63, 3.8) is 0 Å². The van der Waals surface area contributed by atoms with Crippen molar-refractivity contribution in [1.29, 1.82) is 0 Å².